The van der Waals surface area contributed by atoms with Crippen LogP contribution in [-0.4, -0.2) is 81.5 Å². The average Bonchev–Trinajstić information content (AvgIpc) is 3.47. The van der Waals surface area contributed by atoms with Crippen LogP contribution in [0, 0.1) is 52.3 Å². The van der Waals surface area contributed by atoms with Gasteiger partial charge in [0.2, 0.25) is 5.91 Å². The van der Waals surface area contributed by atoms with Crippen LogP contribution >= 0.6 is 0 Å². The zero-order valence-corrected chi connectivity index (χ0v) is 32.9. The molecule has 0 aromatic rings. The van der Waals surface area contributed by atoms with Crippen molar-refractivity contribution in [3.8, 4) is 0 Å². The Balaban J connectivity index is 1.22. The summed E-state index contributed by atoms with van der Waals surface area (Å²) in [5.41, 5.74) is 6.10. The average molecular weight is 704 g/mol. The van der Waals surface area contributed by atoms with Crippen molar-refractivity contribution in [1.29, 1.82) is 0 Å². The summed E-state index contributed by atoms with van der Waals surface area (Å²) in [7, 11) is 1.39. The van der Waals surface area contributed by atoms with Gasteiger partial charge in [-0.3, -0.25) is 4.79 Å². The maximum atomic E-state index is 13.0. The van der Waals surface area contributed by atoms with Crippen LogP contribution in [0.1, 0.15) is 131 Å². The highest BCUT2D eigenvalue weighted by Crippen LogP contribution is 2.68. The van der Waals surface area contributed by atoms with Crippen molar-refractivity contribution in [2.24, 2.45) is 58.0 Å². The molecule has 1 amide bonds. The molecular formula is C41H77N5O4. The number of aliphatic hydroxyl groups is 1. The highest BCUT2D eigenvalue weighted by atomic mass is 16.5. The Hall–Kier alpha value is -1.26. The van der Waals surface area contributed by atoms with Gasteiger partial charge in [0.25, 0.3) is 0 Å². The maximum absolute atomic E-state index is 13.0. The third-order valence-corrected chi connectivity index (χ3v) is 14.7. The summed E-state index contributed by atoms with van der Waals surface area (Å²) in [5, 5.41) is 25.8. The molecule has 4 rings (SSSR count). The lowest BCUT2D eigenvalue weighted by Gasteiger charge is -2.62. The monoisotopic (exact) mass is 704 g/mol. The smallest absolute Gasteiger partial charge is 0.328 e. The number of unbranched alkanes of at least 4 members (excludes halogenated alkanes) is 1. The first-order valence-electron chi connectivity index (χ1n) is 20.9. The van der Waals surface area contributed by atoms with E-state index in [9.17, 15) is 14.7 Å². The van der Waals surface area contributed by atoms with E-state index in [-0.39, 0.29) is 29.3 Å². The summed E-state index contributed by atoms with van der Waals surface area (Å²) in [4.78, 5) is 25.3. The van der Waals surface area contributed by atoms with Crippen molar-refractivity contribution in [3.05, 3.63) is 0 Å². The van der Waals surface area contributed by atoms with E-state index in [4.69, 9.17) is 10.5 Å². The minimum absolute atomic E-state index is 0.0379. The van der Waals surface area contributed by atoms with Crippen LogP contribution in [-0.2, 0) is 14.3 Å². The fourth-order valence-corrected chi connectivity index (χ4v) is 11.5. The van der Waals surface area contributed by atoms with E-state index in [0.29, 0.717) is 53.4 Å². The third-order valence-electron chi connectivity index (χ3n) is 14.7. The molecule has 290 valence electrons. The molecule has 7 N–H and O–H groups in total. The van der Waals surface area contributed by atoms with E-state index in [2.05, 4.69) is 42.0 Å². The van der Waals surface area contributed by atoms with Gasteiger partial charge < -0.3 is 36.8 Å². The second kappa shape index (κ2) is 19.7. The van der Waals surface area contributed by atoms with Crippen LogP contribution in [0.3, 0.4) is 0 Å². The Kier molecular flexibility index (Phi) is 16.4. The van der Waals surface area contributed by atoms with Crippen molar-refractivity contribution in [3.63, 3.8) is 0 Å². The fraction of sp³-hybridized carbons (Fsp3) is 0.951. The summed E-state index contributed by atoms with van der Waals surface area (Å²) in [5.74, 6) is 2.83. The molecule has 0 spiro atoms. The molecule has 0 aromatic heterocycles. The van der Waals surface area contributed by atoms with Crippen LogP contribution in [0.15, 0.2) is 0 Å². The molecule has 1 unspecified atom stereocenters. The number of nitrogens with one attached hydrogen (secondary N) is 4. The van der Waals surface area contributed by atoms with Crippen molar-refractivity contribution in [2.75, 3.05) is 46.4 Å². The highest BCUT2D eigenvalue weighted by Gasteiger charge is 2.62. The SMILES string of the molecule is CCC(C)[C@H](NC(=O)CC[C@@H](C)[C@H]1CC[C@H]2[C@@H]3[C@H](O)C[C@@H]4C[C@@H](NCCCNCCCCNCCCN)CC[C@]4(C)[C@H]3CC[C@]12C)C(=O)OC. The van der Waals surface area contributed by atoms with Crippen molar-refractivity contribution >= 4 is 11.9 Å². The standard InChI is InChI=1S/C41H77N5O4/c1-7-28(2)38(39(49)50-6)46-36(48)15-12-29(3)32-13-14-33-37-34(17-19-41(32,33)5)40(4)18-16-31(26-30(40)27-35(37)47)45-25-11-24-44-22-9-8-21-43-23-10-20-42/h28-35,37-38,43-45,47H,7-27,42H2,1-6H3,(H,46,48)/t28?,29-,30+,31+,32-,33+,34+,35-,37+,38+,40+,41-/m1/s1. The quantitative estimate of drug-likeness (QED) is 0.0692. The highest BCUT2D eigenvalue weighted by molar-refractivity contribution is 5.84. The summed E-state index contributed by atoms with van der Waals surface area (Å²) < 4.78 is 4.98. The van der Waals surface area contributed by atoms with Gasteiger partial charge in [-0.05, 0) is 175 Å². The van der Waals surface area contributed by atoms with Gasteiger partial charge in [0.1, 0.15) is 6.04 Å². The maximum Gasteiger partial charge on any atom is 0.328 e. The number of methoxy groups -OCH3 is 1. The molecule has 9 heteroatoms. The molecule has 0 aliphatic heterocycles. The zero-order chi connectivity index (χ0) is 36.3. The van der Waals surface area contributed by atoms with E-state index >= 15 is 0 Å². The lowest BCUT2D eigenvalue weighted by molar-refractivity contribution is -0.167. The Labute approximate surface area is 305 Å². The predicted molar refractivity (Wildman–Crippen MR) is 203 cm³/mol. The van der Waals surface area contributed by atoms with Gasteiger partial charge in [0.15, 0.2) is 0 Å². The first-order chi connectivity index (χ1) is 24.0. The molecule has 0 aromatic carbocycles. The molecular weight excluding hydrogens is 626 g/mol. The molecule has 0 bridgehead atoms. The largest absolute Gasteiger partial charge is 0.467 e. The van der Waals surface area contributed by atoms with E-state index in [0.717, 1.165) is 71.4 Å². The Morgan fingerprint density at radius 1 is 0.880 bits per heavy atom. The van der Waals surface area contributed by atoms with E-state index < -0.39 is 6.04 Å². The van der Waals surface area contributed by atoms with Crippen molar-refractivity contribution < 1.29 is 19.4 Å². The second-order valence-electron chi connectivity index (χ2n) is 17.6. The van der Waals surface area contributed by atoms with Crippen LogP contribution in [0.2, 0.25) is 0 Å². The van der Waals surface area contributed by atoms with Gasteiger partial charge in [-0.1, -0.05) is 41.0 Å². The molecule has 12 atom stereocenters. The lowest BCUT2D eigenvalue weighted by atomic mass is 9.43. The Morgan fingerprint density at radius 2 is 1.54 bits per heavy atom. The molecule has 0 saturated heterocycles. The minimum Gasteiger partial charge on any atom is -0.467 e. The normalized spacial score (nSPS) is 35.3. The number of aliphatic hydroxyl groups excluding tert-OH is 1. The van der Waals surface area contributed by atoms with Crippen LogP contribution in [0.25, 0.3) is 0 Å². The van der Waals surface area contributed by atoms with Gasteiger partial charge in [-0.15, -0.1) is 0 Å². The van der Waals surface area contributed by atoms with Crippen LogP contribution in [0.5, 0.6) is 0 Å². The molecule has 50 heavy (non-hydrogen) atoms. The third kappa shape index (κ3) is 10.0. The Bertz CT molecular complexity index is 1050. The Morgan fingerprint density at radius 3 is 2.22 bits per heavy atom. The van der Waals surface area contributed by atoms with Gasteiger partial charge in [0.05, 0.1) is 13.2 Å². The molecule has 9 nitrogen and oxygen atoms in total. The molecule has 4 aliphatic rings. The predicted octanol–water partition coefficient (Wildman–Crippen LogP) is 5.39. The van der Waals surface area contributed by atoms with E-state index in [1.165, 1.54) is 64.9 Å². The zero-order valence-electron chi connectivity index (χ0n) is 32.9. The summed E-state index contributed by atoms with van der Waals surface area (Å²) >= 11 is 0. The minimum atomic E-state index is -0.581. The van der Waals surface area contributed by atoms with Crippen molar-refractivity contribution in [1.82, 2.24) is 21.3 Å². The number of carbonyl (C=O) groups is 2. The number of ether oxygens (including phenoxy) is 1. The second-order valence-corrected chi connectivity index (χ2v) is 17.6. The van der Waals surface area contributed by atoms with E-state index in [1.807, 2.05) is 13.8 Å². The molecule has 4 aliphatic carbocycles. The number of rotatable bonds is 21. The van der Waals surface area contributed by atoms with Crippen molar-refractivity contribution in [2.45, 2.75) is 149 Å². The number of hydrogen-bond donors (Lipinski definition) is 6. The fourth-order valence-electron chi connectivity index (χ4n) is 11.5. The lowest BCUT2D eigenvalue weighted by Crippen LogP contribution is -2.59. The van der Waals surface area contributed by atoms with Crippen LogP contribution < -0.4 is 27.0 Å². The molecule has 0 radical (unpaired) electrons. The summed E-state index contributed by atoms with van der Waals surface area (Å²) in [6, 6.07) is -0.00469. The van der Waals surface area contributed by atoms with Gasteiger partial charge >= 0.3 is 5.97 Å². The number of carbonyl (C=O) groups excluding carboxylic acids is 2. The first-order valence-corrected chi connectivity index (χ1v) is 20.9. The molecule has 4 fully saturated rings. The molecule has 0 heterocycles. The summed E-state index contributed by atoms with van der Waals surface area (Å²) in [6.07, 6.45) is 16.1. The van der Waals surface area contributed by atoms with E-state index in [1.54, 1.807) is 0 Å². The van der Waals surface area contributed by atoms with Crippen LogP contribution in [0.4, 0.5) is 0 Å². The van der Waals surface area contributed by atoms with Gasteiger partial charge in [0, 0.05) is 12.5 Å². The number of fused-ring (bicyclic) bond motifs is 5. The number of esters is 1. The van der Waals surface area contributed by atoms with Gasteiger partial charge in [-0.2, -0.15) is 0 Å². The summed E-state index contributed by atoms with van der Waals surface area (Å²) in [6.45, 7) is 17.6. The number of hydrogen-bond acceptors (Lipinski definition) is 8. The first kappa shape index (κ1) is 41.5. The molecule has 4 saturated carbocycles. The number of nitrogens with two attached hydrogens (primary N) is 1. The van der Waals surface area contributed by atoms with Gasteiger partial charge in [-0.25, -0.2) is 4.79 Å². The topological polar surface area (TPSA) is 138 Å². The number of amides is 1.